The quantitative estimate of drug-likeness (QED) is 0.440. The third-order valence-electron chi connectivity index (χ3n) is 4.52. The standard InChI is InChI=1S/C22H22N6O2/c1-2-30-18-9-8-16-6-3-4-7-17(16)21(18)22(29)24-14-13-23-19-10-11-20(27-26-19)28-15-5-12-25-28/h3-12,15H,2,13-14H2,1H3,(H,23,26)(H,24,29). The predicted octanol–water partition coefficient (Wildman–Crippen LogP) is 3.06. The van der Waals surface area contributed by atoms with E-state index in [1.807, 2.05) is 61.5 Å². The van der Waals surface area contributed by atoms with Gasteiger partial charge in [0.05, 0.1) is 12.2 Å². The van der Waals surface area contributed by atoms with Gasteiger partial charge in [-0.3, -0.25) is 4.79 Å². The highest BCUT2D eigenvalue weighted by atomic mass is 16.5. The fourth-order valence-electron chi connectivity index (χ4n) is 3.16. The van der Waals surface area contributed by atoms with Gasteiger partial charge in [0.2, 0.25) is 0 Å². The molecule has 0 fully saturated rings. The van der Waals surface area contributed by atoms with Crippen molar-refractivity contribution in [3.05, 3.63) is 72.6 Å². The molecule has 0 radical (unpaired) electrons. The summed E-state index contributed by atoms with van der Waals surface area (Å²) >= 11 is 0. The van der Waals surface area contributed by atoms with E-state index in [-0.39, 0.29) is 5.91 Å². The van der Waals surface area contributed by atoms with Gasteiger partial charge in [-0.05, 0) is 42.0 Å². The molecule has 30 heavy (non-hydrogen) atoms. The maximum absolute atomic E-state index is 12.9. The van der Waals surface area contributed by atoms with Crippen LogP contribution in [-0.2, 0) is 0 Å². The van der Waals surface area contributed by atoms with Gasteiger partial charge in [-0.2, -0.15) is 5.10 Å². The number of anilines is 1. The van der Waals surface area contributed by atoms with Crippen molar-refractivity contribution >= 4 is 22.5 Å². The third kappa shape index (κ3) is 4.22. The van der Waals surface area contributed by atoms with Crippen molar-refractivity contribution in [3.8, 4) is 11.6 Å². The minimum atomic E-state index is -0.169. The second-order valence-corrected chi connectivity index (χ2v) is 6.50. The summed E-state index contributed by atoms with van der Waals surface area (Å²) in [6.07, 6.45) is 3.49. The molecule has 2 aromatic carbocycles. The minimum absolute atomic E-state index is 0.169. The lowest BCUT2D eigenvalue weighted by molar-refractivity contribution is 0.0953. The molecule has 0 saturated carbocycles. The van der Waals surface area contributed by atoms with E-state index in [2.05, 4.69) is 25.9 Å². The van der Waals surface area contributed by atoms with Crippen molar-refractivity contribution in [2.24, 2.45) is 0 Å². The van der Waals surface area contributed by atoms with E-state index in [9.17, 15) is 4.79 Å². The van der Waals surface area contributed by atoms with Gasteiger partial charge in [0.1, 0.15) is 11.6 Å². The number of carbonyl (C=O) groups is 1. The van der Waals surface area contributed by atoms with Crippen molar-refractivity contribution in [1.82, 2.24) is 25.3 Å². The Morgan fingerprint density at radius 3 is 2.70 bits per heavy atom. The van der Waals surface area contributed by atoms with Crippen LogP contribution in [0.2, 0.25) is 0 Å². The van der Waals surface area contributed by atoms with Gasteiger partial charge >= 0.3 is 0 Å². The number of rotatable bonds is 8. The number of amides is 1. The van der Waals surface area contributed by atoms with Crippen LogP contribution < -0.4 is 15.4 Å². The Kier molecular flexibility index (Phi) is 5.84. The molecule has 2 N–H and O–H groups in total. The number of carbonyl (C=O) groups excluding carboxylic acids is 1. The summed E-state index contributed by atoms with van der Waals surface area (Å²) in [7, 11) is 0. The second-order valence-electron chi connectivity index (χ2n) is 6.50. The molecule has 0 aliphatic heterocycles. The minimum Gasteiger partial charge on any atom is -0.493 e. The van der Waals surface area contributed by atoms with E-state index in [1.54, 1.807) is 17.1 Å². The summed E-state index contributed by atoms with van der Waals surface area (Å²) in [4.78, 5) is 12.9. The Hall–Kier alpha value is -3.94. The Morgan fingerprint density at radius 1 is 1.03 bits per heavy atom. The number of hydrogen-bond donors (Lipinski definition) is 2. The largest absolute Gasteiger partial charge is 0.493 e. The van der Waals surface area contributed by atoms with Crippen LogP contribution in [0.4, 0.5) is 5.82 Å². The van der Waals surface area contributed by atoms with Crippen molar-refractivity contribution in [2.75, 3.05) is 25.0 Å². The summed E-state index contributed by atoms with van der Waals surface area (Å²) in [6.45, 7) is 3.33. The van der Waals surface area contributed by atoms with Gasteiger partial charge in [-0.15, -0.1) is 10.2 Å². The molecule has 8 heteroatoms. The van der Waals surface area contributed by atoms with Crippen LogP contribution in [0.25, 0.3) is 16.6 Å². The zero-order chi connectivity index (χ0) is 20.8. The maximum Gasteiger partial charge on any atom is 0.255 e. The van der Waals surface area contributed by atoms with Crippen LogP contribution in [0, 0.1) is 0 Å². The lowest BCUT2D eigenvalue weighted by Crippen LogP contribution is -2.29. The Labute approximate surface area is 173 Å². The van der Waals surface area contributed by atoms with Crippen LogP contribution >= 0.6 is 0 Å². The van der Waals surface area contributed by atoms with Gasteiger partial charge in [0.25, 0.3) is 5.91 Å². The van der Waals surface area contributed by atoms with Crippen LogP contribution in [0.3, 0.4) is 0 Å². The van der Waals surface area contributed by atoms with Gasteiger partial charge < -0.3 is 15.4 Å². The van der Waals surface area contributed by atoms with Crippen molar-refractivity contribution in [2.45, 2.75) is 6.92 Å². The van der Waals surface area contributed by atoms with E-state index in [1.165, 1.54) is 0 Å². The molecule has 0 saturated heterocycles. The van der Waals surface area contributed by atoms with Gasteiger partial charge in [-0.1, -0.05) is 30.3 Å². The molecule has 0 aliphatic rings. The smallest absolute Gasteiger partial charge is 0.255 e. The Balaban J connectivity index is 1.38. The molecule has 2 aromatic heterocycles. The Bertz CT molecular complexity index is 1130. The second kappa shape index (κ2) is 9.04. The molecule has 8 nitrogen and oxygen atoms in total. The highest BCUT2D eigenvalue weighted by Gasteiger charge is 2.16. The zero-order valence-electron chi connectivity index (χ0n) is 16.6. The summed E-state index contributed by atoms with van der Waals surface area (Å²) in [5.74, 6) is 1.68. The lowest BCUT2D eigenvalue weighted by atomic mass is 10.0. The van der Waals surface area contributed by atoms with E-state index < -0.39 is 0 Å². The fraction of sp³-hybridized carbons (Fsp3) is 0.182. The number of hydrogen-bond acceptors (Lipinski definition) is 6. The molecule has 0 bridgehead atoms. The summed E-state index contributed by atoms with van der Waals surface area (Å²) in [5.41, 5.74) is 0.554. The van der Waals surface area contributed by atoms with Crippen molar-refractivity contribution < 1.29 is 9.53 Å². The lowest BCUT2D eigenvalue weighted by Gasteiger charge is -2.14. The first-order valence-corrected chi connectivity index (χ1v) is 9.76. The Morgan fingerprint density at radius 2 is 1.93 bits per heavy atom. The van der Waals surface area contributed by atoms with Gasteiger partial charge in [0.15, 0.2) is 5.82 Å². The summed E-state index contributed by atoms with van der Waals surface area (Å²) in [5, 5.41) is 20.4. The molecule has 152 valence electrons. The molecule has 2 heterocycles. The SMILES string of the molecule is CCOc1ccc2ccccc2c1C(=O)NCCNc1ccc(-n2cccn2)nn1. The monoisotopic (exact) mass is 402 g/mol. The molecule has 0 aliphatic carbocycles. The van der Waals surface area contributed by atoms with Crippen LogP contribution in [0.15, 0.2) is 67.0 Å². The average molecular weight is 402 g/mol. The number of ether oxygens (including phenoxy) is 1. The first-order valence-electron chi connectivity index (χ1n) is 9.76. The third-order valence-corrected chi connectivity index (χ3v) is 4.52. The number of aromatic nitrogens is 4. The van der Waals surface area contributed by atoms with Crippen LogP contribution in [0.5, 0.6) is 5.75 Å². The number of nitrogens with one attached hydrogen (secondary N) is 2. The van der Waals surface area contributed by atoms with E-state index >= 15 is 0 Å². The molecule has 4 rings (SSSR count). The molecular weight excluding hydrogens is 380 g/mol. The molecule has 1 amide bonds. The predicted molar refractivity (Wildman–Crippen MR) is 115 cm³/mol. The maximum atomic E-state index is 12.9. The molecule has 0 atom stereocenters. The summed E-state index contributed by atoms with van der Waals surface area (Å²) < 4.78 is 7.32. The highest BCUT2D eigenvalue weighted by molar-refractivity contribution is 6.09. The number of benzene rings is 2. The average Bonchev–Trinajstić information content (AvgIpc) is 3.32. The topological polar surface area (TPSA) is 94.0 Å². The zero-order valence-corrected chi connectivity index (χ0v) is 16.6. The first-order chi connectivity index (χ1) is 14.8. The number of nitrogens with zero attached hydrogens (tertiary/aromatic N) is 4. The highest BCUT2D eigenvalue weighted by Crippen LogP contribution is 2.28. The number of fused-ring (bicyclic) bond motifs is 1. The van der Waals surface area contributed by atoms with E-state index in [4.69, 9.17) is 4.74 Å². The molecule has 0 spiro atoms. The first kappa shape index (κ1) is 19.4. The molecule has 0 unspecified atom stereocenters. The van der Waals surface area contributed by atoms with E-state index in [0.29, 0.717) is 42.6 Å². The molecule has 4 aromatic rings. The fourth-order valence-corrected chi connectivity index (χ4v) is 3.16. The van der Waals surface area contributed by atoms with Gasteiger partial charge in [-0.25, -0.2) is 4.68 Å². The van der Waals surface area contributed by atoms with Crippen molar-refractivity contribution in [1.29, 1.82) is 0 Å². The normalized spacial score (nSPS) is 10.7. The molecular formula is C22H22N6O2. The van der Waals surface area contributed by atoms with Crippen LogP contribution in [0.1, 0.15) is 17.3 Å². The van der Waals surface area contributed by atoms with Crippen molar-refractivity contribution in [3.63, 3.8) is 0 Å². The summed E-state index contributed by atoms with van der Waals surface area (Å²) in [6, 6.07) is 17.1. The van der Waals surface area contributed by atoms with Crippen LogP contribution in [-0.4, -0.2) is 45.6 Å². The van der Waals surface area contributed by atoms with E-state index in [0.717, 1.165) is 10.8 Å². The van der Waals surface area contributed by atoms with Gasteiger partial charge in [0, 0.05) is 25.5 Å².